The third-order valence-corrected chi connectivity index (χ3v) is 2.61. The molecule has 22 heavy (non-hydrogen) atoms. The van der Waals surface area contributed by atoms with Crippen LogP contribution in [0.4, 0.5) is 0 Å². The van der Waals surface area contributed by atoms with Gasteiger partial charge in [-0.05, 0) is 20.3 Å². The van der Waals surface area contributed by atoms with Gasteiger partial charge in [0.05, 0.1) is 19.0 Å². The highest BCUT2D eigenvalue weighted by Crippen LogP contribution is 1.95. The summed E-state index contributed by atoms with van der Waals surface area (Å²) in [6.45, 7) is 9.61. The molecule has 0 saturated carbocycles. The maximum Gasteiger partial charge on any atom is 0.333 e. The standard InChI is InChI=1S/C7H12O5S.C6H10O3/c1-6(2)7(8)12-4-3-5-13(9,10)11;1-5(2)6(8)9-4-3-7/h1,3-5H2,2H3,(H,9,10,11);7H,1,3-4H2,2H3. The van der Waals surface area contributed by atoms with E-state index in [4.69, 9.17) is 9.66 Å². The molecular weight excluding hydrogens is 316 g/mol. The van der Waals surface area contributed by atoms with Gasteiger partial charge in [-0.25, -0.2) is 9.59 Å². The summed E-state index contributed by atoms with van der Waals surface area (Å²) >= 11 is 0. The van der Waals surface area contributed by atoms with E-state index in [9.17, 15) is 18.0 Å². The maximum atomic E-state index is 10.7. The molecule has 0 unspecified atom stereocenters. The van der Waals surface area contributed by atoms with Crippen LogP contribution in [0.1, 0.15) is 20.3 Å². The fourth-order valence-electron chi connectivity index (χ4n) is 0.791. The normalized spacial score (nSPS) is 10.0. The lowest BCUT2D eigenvalue weighted by atomic mass is 10.4. The molecule has 0 rings (SSSR count). The van der Waals surface area contributed by atoms with Crippen molar-refractivity contribution < 1.29 is 37.1 Å². The fourth-order valence-corrected chi connectivity index (χ4v) is 1.27. The van der Waals surface area contributed by atoms with Gasteiger partial charge >= 0.3 is 11.9 Å². The van der Waals surface area contributed by atoms with E-state index in [1.54, 1.807) is 6.92 Å². The molecule has 0 aliphatic rings. The molecule has 0 amide bonds. The number of ether oxygens (including phenoxy) is 2. The van der Waals surface area contributed by atoms with Crippen molar-refractivity contribution in [3.63, 3.8) is 0 Å². The van der Waals surface area contributed by atoms with Gasteiger partial charge in [0.15, 0.2) is 0 Å². The third-order valence-electron chi connectivity index (χ3n) is 1.80. The summed E-state index contributed by atoms with van der Waals surface area (Å²) in [7, 11) is -3.96. The first kappa shape index (κ1) is 22.6. The van der Waals surface area contributed by atoms with Crippen LogP contribution in [0.15, 0.2) is 24.3 Å². The van der Waals surface area contributed by atoms with Gasteiger partial charge in [0.2, 0.25) is 0 Å². The van der Waals surface area contributed by atoms with Crippen molar-refractivity contribution in [3.8, 4) is 0 Å². The topological polar surface area (TPSA) is 127 Å². The number of aliphatic hydroxyl groups excluding tert-OH is 1. The number of carbonyl (C=O) groups excluding carboxylic acids is 2. The summed E-state index contributed by atoms with van der Waals surface area (Å²) in [4.78, 5) is 21.2. The Hall–Kier alpha value is -1.71. The summed E-state index contributed by atoms with van der Waals surface area (Å²) < 4.78 is 37.8. The van der Waals surface area contributed by atoms with Crippen LogP contribution in [-0.4, -0.2) is 55.6 Å². The van der Waals surface area contributed by atoms with E-state index in [-0.39, 0.29) is 31.8 Å². The molecule has 9 heteroatoms. The van der Waals surface area contributed by atoms with Crippen molar-refractivity contribution in [2.45, 2.75) is 20.3 Å². The second-order valence-corrected chi connectivity index (χ2v) is 5.77. The monoisotopic (exact) mass is 338 g/mol. The van der Waals surface area contributed by atoms with Crippen molar-refractivity contribution >= 4 is 22.1 Å². The number of carbonyl (C=O) groups is 2. The van der Waals surface area contributed by atoms with Crippen molar-refractivity contribution in [2.75, 3.05) is 25.6 Å². The minimum atomic E-state index is -3.96. The van der Waals surface area contributed by atoms with Gasteiger partial charge in [0.1, 0.15) is 6.61 Å². The number of hydrogen-bond donors (Lipinski definition) is 2. The Kier molecular flexibility index (Phi) is 12.2. The highest BCUT2D eigenvalue weighted by atomic mass is 32.2. The van der Waals surface area contributed by atoms with Crippen LogP contribution in [0.3, 0.4) is 0 Å². The first-order chi connectivity index (χ1) is 10.0. The quantitative estimate of drug-likeness (QED) is 0.283. The van der Waals surface area contributed by atoms with Crippen LogP contribution in [0.2, 0.25) is 0 Å². The van der Waals surface area contributed by atoms with E-state index < -0.39 is 27.8 Å². The van der Waals surface area contributed by atoms with Crippen molar-refractivity contribution in [2.24, 2.45) is 0 Å². The van der Waals surface area contributed by atoms with Crippen molar-refractivity contribution in [1.29, 1.82) is 0 Å². The summed E-state index contributed by atoms with van der Waals surface area (Å²) in [6, 6.07) is 0. The van der Waals surface area contributed by atoms with E-state index in [1.807, 2.05) is 0 Å². The zero-order chi connectivity index (χ0) is 17.8. The molecule has 8 nitrogen and oxygen atoms in total. The SMILES string of the molecule is C=C(C)C(=O)OCCCS(=O)(=O)O.C=C(C)C(=O)OCCO. The largest absolute Gasteiger partial charge is 0.462 e. The smallest absolute Gasteiger partial charge is 0.333 e. The van der Waals surface area contributed by atoms with Crippen LogP contribution >= 0.6 is 0 Å². The van der Waals surface area contributed by atoms with Gasteiger partial charge in [-0.15, -0.1) is 0 Å². The van der Waals surface area contributed by atoms with Crippen LogP contribution in [0.25, 0.3) is 0 Å². The zero-order valence-corrected chi connectivity index (χ0v) is 13.5. The van der Waals surface area contributed by atoms with Crippen LogP contribution in [0, 0.1) is 0 Å². The number of rotatable bonds is 8. The highest BCUT2D eigenvalue weighted by molar-refractivity contribution is 7.85. The molecule has 0 aromatic carbocycles. The van der Waals surface area contributed by atoms with Gasteiger partial charge < -0.3 is 14.6 Å². The van der Waals surface area contributed by atoms with Gasteiger partial charge in [-0.2, -0.15) is 8.42 Å². The Morgan fingerprint density at radius 2 is 1.41 bits per heavy atom. The average Bonchev–Trinajstić information content (AvgIpc) is 2.40. The maximum absolute atomic E-state index is 10.7. The van der Waals surface area contributed by atoms with E-state index >= 15 is 0 Å². The van der Waals surface area contributed by atoms with Crippen LogP contribution in [0.5, 0.6) is 0 Å². The predicted octanol–water partition coefficient (Wildman–Crippen LogP) is 0.482. The van der Waals surface area contributed by atoms with E-state index in [1.165, 1.54) is 6.92 Å². The molecule has 0 heterocycles. The molecule has 0 aromatic heterocycles. The molecule has 0 aliphatic heterocycles. The molecule has 0 aromatic rings. The minimum absolute atomic E-state index is 0.0362. The van der Waals surface area contributed by atoms with Crippen LogP contribution in [-0.2, 0) is 29.2 Å². The molecule has 0 bridgehead atoms. The minimum Gasteiger partial charge on any atom is -0.462 e. The Bertz CT molecular complexity index is 492. The second-order valence-electron chi connectivity index (χ2n) is 4.20. The number of esters is 2. The summed E-state index contributed by atoms with van der Waals surface area (Å²) in [5, 5.41) is 8.19. The van der Waals surface area contributed by atoms with E-state index in [2.05, 4.69) is 22.6 Å². The third kappa shape index (κ3) is 16.3. The molecule has 0 spiro atoms. The summed E-state index contributed by atoms with van der Waals surface area (Å²) in [6.07, 6.45) is 0.0812. The van der Waals surface area contributed by atoms with Crippen LogP contribution < -0.4 is 0 Å². The lowest BCUT2D eigenvalue weighted by Crippen LogP contribution is -2.11. The van der Waals surface area contributed by atoms with E-state index in [0.717, 1.165) is 0 Å². The van der Waals surface area contributed by atoms with Gasteiger partial charge in [-0.3, -0.25) is 4.55 Å². The lowest BCUT2D eigenvalue weighted by Gasteiger charge is -2.02. The molecule has 128 valence electrons. The Labute approximate surface area is 130 Å². The predicted molar refractivity (Wildman–Crippen MR) is 79.7 cm³/mol. The second kappa shape index (κ2) is 11.9. The Balaban J connectivity index is 0. The molecule has 0 saturated heterocycles. The van der Waals surface area contributed by atoms with Gasteiger partial charge in [-0.1, -0.05) is 13.2 Å². The number of aliphatic hydroxyl groups is 1. The van der Waals surface area contributed by atoms with Gasteiger partial charge in [0.25, 0.3) is 10.1 Å². The molecule has 0 fully saturated rings. The summed E-state index contributed by atoms with van der Waals surface area (Å²) in [5.41, 5.74) is 0.607. The Morgan fingerprint density at radius 3 is 1.73 bits per heavy atom. The first-order valence-corrected chi connectivity index (χ1v) is 7.83. The fraction of sp³-hybridized carbons (Fsp3) is 0.538. The van der Waals surface area contributed by atoms with E-state index in [0.29, 0.717) is 5.57 Å². The van der Waals surface area contributed by atoms with Crippen molar-refractivity contribution in [1.82, 2.24) is 0 Å². The zero-order valence-electron chi connectivity index (χ0n) is 12.7. The average molecular weight is 338 g/mol. The highest BCUT2D eigenvalue weighted by Gasteiger charge is 2.06. The number of hydrogen-bond acceptors (Lipinski definition) is 7. The van der Waals surface area contributed by atoms with Gasteiger partial charge in [0, 0.05) is 11.1 Å². The molecule has 0 aliphatic carbocycles. The first-order valence-electron chi connectivity index (χ1n) is 6.22. The van der Waals surface area contributed by atoms with Crippen molar-refractivity contribution in [3.05, 3.63) is 24.3 Å². The summed E-state index contributed by atoms with van der Waals surface area (Å²) in [5.74, 6) is -1.42. The molecule has 0 radical (unpaired) electrons. The Morgan fingerprint density at radius 1 is 1.00 bits per heavy atom. The lowest BCUT2D eigenvalue weighted by molar-refractivity contribution is -0.140. The molecule has 0 atom stereocenters. The molecular formula is C13H22O8S. The molecule has 2 N–H and O–H groups in total.